The van der Waals surface area contributed by atoms with Crippen molar-refractivity contribution in [3.05, 3.63) is 82.8 Å². The van der Waals surface area contributed by atoms with Crippen LogP contribution in [0.2, 0.25) is 0 Å². The number of hydrogen-bond acceptors (Lipinski definition) is 5. The van der Waals surface area contributed by atoms with E-state index in [9.17, 15) is 14.0 Å². The maximum absolute atomic E-state index is 15.1. The molecule has 1 aliphatic rings. The number of hydrogen-bond donors (Lipinski definition) is 0. The van der Waals surface area contributed by atoms with E-state index in [-0.39, 0.29) is 34.4 Å². The fourth-order valence-corrected chi connectivity index (χ4v) is 3.97. The molecule has 1 amide bonds. The second-order valence-corrected chi connectivity index (χ2v) is 7.68. The Morgan fingerprint density at radius 2 is 1.82 bits per heavy atom. The summed E-state index contributed by atoms with van der Waals surface area (Å²) in [6, 6.07) is 11.8. The number of ether oxygens (including phenoxy) is 1. The zero-order valence-corrected chi connectivity index (χ0v) is 18.1. The maximum Gasteiger partial charge on any atom is 0.251 e. The van der Waals surface area contributed by atoms with Gasteiger partial charge in [-0.15, -0.1) is 0 Å². The number of para-hydroxylation sites is 1. The maximum atomic E-state index is 15.1. The van der Waals surface area contributed by atoms with Gasteiger partial charge in [0.25, 0.3) is 5.43 Å². The zero-order chi connectivity index (χ0) is 23.8. The van der Waals surface area contributed by atoms with Crippen molar-refractivity contribution in [2.45, 2.75) is 12.8 Å². The van der Waals surface area contributed by atoms with Crippen LogP contribution in [0.5, 0.6) is 5.75 Å². The van der Waals surface area contributed by atoms with Crippen LogP contribution in [0.3, 0.4) is 0 Å². The lowest BCUT2D eigenvalue weighted by molar-refractivity contribution is -0.117. The number of carbonyl (C=O) groups excluding carboxylic acids is 1. The molecule has 0 aliphatic carbocycles. The number of anilines is 1. The average molecular weight is 463 g/mol. The summed E-state index contributed by atoms with van der Waals surface area (Å²) in [5, 5.41) is 8.47. The summed E-state index contributed by atoms with van der Waals surface area (Å²) in [5.74, 6) is -1.30. The summed E-state index contributed by atoms with van der Waals surface area (Å²) in [5.41, 5.74) is 0.183. The third-order valence-electron chi connectivity index (χ3n) is 5.64. The molecule has 0 spiro atoms. The standard InChI is InChI=1S/C24H19F2N5O3/c1-34-21-14-30(18-9-8-15(13-17(18)26)29-12-4-7-22(29)32)28-23(24(21)33)20-10-11-27-31(20)19-6-3-2-5-16(19)25/h2-3,5-6,8-11,13-14H,4,7,12H2,1H3. The summed E-state index contributed by atoms with van der Waals surface area (Å²) in [6.07, 6.45) is 3.84. The van der Waals surface area contributed by atoms with Crippen LogP contribution in [-0.4, -0.2) is 39.1 Å². The molecular weight excluding hydrogens is 444 g/mol. The quantitative estimate of drug-likeness (QED) is 0.453. The highest BCUT2D eigenvalue weighted by Gasteiger charge is 2.24. The van der Waals surface area contributed by atoms with Gasteiger partial charge in [0, 0.05) is 18.7 Å². The van der Waals surface area contributed by atoms with Crippen LogP contribution in [0.25, 0.3) is 22.8 Å². The van der Waals surface area contributed by atoms with Crippen molar-refractivity contribution >= 4 is 11.6 Å². The van der Waals surface area contributed by atoms with E-state index in [1.807, 2.05) is 0 Å². The summed E-state index contributed by atoms with van der Waals surface area (Å²) in [4.78, 5) is 26.6. The number of benzene rings is 2. The molecule has 5 rings (SSSR count). The first kappa shape index (κ1) is 21.5. The predicted octanol–water partition coefficient (Wildman–Crippen LogP) is 3.50. The highest BCUT2D eigenvalue weighted by atomic mass is 19.1. The molecule has 1 fully saturated rings. The lowest BCUT2D eigenvalue weighted by atomic mass is 10.2. The molecule has 1 saturated heterocycles. The van der Waals surface area contributed by atoms with E-state index < -0.39 is 17.1 Å². The third kappa shape index (κ3) is 3.62. The molecular formula is C24H19F2N5O3. The summed E-state index contributed by atoms with van der Waals surface area (Å²) < 4.78 is 37.2. The minimum Gasteiger partial charge on any atom is -0.491 e. The van der Waals surface area contributed by atoms with Gasteiger partial charge in [-0.05, 0) is 42.8 Å². The number of carbonyl (C=O) groups is 1. The summed E-state index contributed by atoms with van der Waals surface area (Å²) >= 11 is 0. The van der Waals surface area contributed by atoms with E-state index in [0.717, 1.165) is 6.42 Å². The molecule has 0 unspecified atom stereocenters. The Hall–Kier alpha value is -4.34. The second-order valence-electron chi connectivity index (χ2n) is 7.68. The third-order valence-corrected chi connectivity index (χ3v) is 5.64. The fourth-order valence-electron chi connectivity index (χ4n) is 3.97. The zero-order valence-electron chi connectivity index (χ0n) is 18.1. The van der Waals surface area contributed by atoms with Crippen LogP contribution in [-0.2, 0) is 4.79 Å². The van der Waals surface area contributed by atoms with Crippen LogP contribution in [0, 0.1) is 11.6 Å². The van der Waals surface area contributed by atoms with Gasteiger partial charge in [-0.3, -0.25) is 9.59 Å². The van der Waals surface area contributed by atoms with E-state index in [1.165, 1.54) is 64.1 Å². The molecule has 0 saturated carbocycles. The van der Waals surface area contributed by atoms with E-state index in [1.54, 1.807) is 18.2 Å². The van der Waals surface area contributed by atoms with Gasteiger partial charge in [0.1, 0.15) is 17.2 Å². The van der Waals surface area contributed by atoms with Crippen LogP contribution in [0.15, 0.2) is 65.7 Å². The number of amides is 1. The predicted molar refractivity (Wildman–Crippen MR) is 120 cm³/mol. The molecule has 0 radical (unpaired) electrons. The summed E-state index contributed by atoms with van der Waals surface area (Å²) in [7, 11) is 1.32. The minimum atomic E-state index is -0.635. The first-order valence-corrected chi connectivity index (χ1v) is 10.6. The molecule has 34 heavy (non-hydrogen) atoms. The Balaban J connectivity index is 1.63. The molecule has 1 aliphatic heterocycles. The molecule has 0 N–H and O–H groups in total. The largest absolute Gasteiger partial charge is 0.491 e. The monoisotopic (exact) mass is 463 g/mol. The number of methoxy groups -OCH3 is 1. The van der Waals surface area contributed by atoms with Gasteiger partial charge in [-0.25, -0.2) is 18.1 Å². The Morgan fingerprint density at radius 1 is 1.00 bits per heavy atom. The van der Waals surface area contributed by atoms with Gasteiger partial charge >= 0.3 is 0 Å². The van der Waals surface area contributed by atoms with Crippen molar-refractivity contribution in [3.63, 3.8) is 0 Å². The number of aromatic nitrogens is 4. The molecule has 3 heterocycles. The van der Waals surface area contributed by atoms with Crippen molar-refractivity contribution < 1.29 is 18.3 Å². The number of nitrogens with zero attached hydrogens (tertiary/aromatic N) is 5. The summed E-state index contributed by atoms with van der Waals surface area (Å²) in [6.45, 7) is 0.534. The molecule has 2 aromatic heterocycles. The molecule has 0 atom stereocenters. The Labute approximate surface area is 192 Å². The Morgan fingerprint density at radius 3 is 2.53 bits per heavy atom. The van der Waals surface area contributed by atoms with Crippen molar-refractivity contribution in [3.8, 4) is 28.5 Å². The normalized spacial score (nSPS) is 13.5. The fraction of sp³-hybridized carbons (Fsp3) is 0.167. The molecule has 2 aromatic carbocycles. The lowest BCUT2D eigenvalue weighted by Gasteiger charge is -2.17. The van der Waals surface area contributed by atoms with Crippen LogP contribution in [0.1, 0.15) is 12.8 Å². The van der Waals surface area contributed by atoms with Gasteiger partial charge < -0.3 is 9.64 Å². The Kier molecular flexibility index (Phi) is 5.40. The molecule has 4 aromatic rings. The van der Waals surface area contributed by atoms with E-state index >= 15 is 4.39 Å². The van der Waals surface area contributed by atoms with Gasteiger partial charge in [0.2, 0.25) is 5.91 Å². The lowest BCUT2D eigenvalue weighted by Crippen LogP contribution is -2.24. The van der Waals surface area contributed by atoms with E-state index in [0.29, 0.717) is 18.7 Å². The highest BCUT2D eigenvalue weighted by Crippen LogP contribution is 2.27. The van der Waals surface area contributed by atoms with Gasteiger partial charge in [-0.1, -0.05) is 12.1 Å². The molecule has 172 valence electrons. The van der Waals surface area contributed by atoms with Crippen LogP contribution < -0.4 is 15.1 Å². The number of halogens is 2. The van der Waals surface area contributed by atoms with Crippen molar-refractivity contribution in [2.24, 2.45) is 0 Å². The van der Waals surface area contributed by atoms with Crippen LogP contribution in [0.4, 0.5) is 14.5 Å². The average Bonchev–Trinajstić information content (AvgIpc) is 3.49. The van der Waals surface area contributed by atoms with Gasteiger partial charge in [-0.2, -0.15) is 10.2 Å². The first-order valence-electron chi connectivity index (χ1n) is 10.6. The van der Waals surface area contributed by atoms with E-state index in [4.69, 9.17) is 4.74 Å². The van der Waals surface area contributed by atoms with Gasteiger partial charge in [0.15, 0.2) is 17.3 Å². The highest BCUT2D eigenvalue weighted by molar-refractivity contribution is 5.95. The van der Waals surface area contributed by atoms with Crippen molar-refractivity contribution in [1.29, 1.82) is 0 Å². The second kappa shape index (κ2) is 8.54. The first-order chi connectivity index (χ1) is 16.5. The molecule has 8 nitrogen and oxygen atoms in total. The number of rotatable bonds is 5. The van der Waals surface area contributed by atoms with Crippen molar-refractivity contribution in [2.75, 3.05) is 18.6 Å². The topological polar surface area (TPSA) is 82.2 Å². The Bertz CT molecular complexity index is 1460. The van der Waals surface area contributed by atoms with Gasteiger partial charge in [0.05, 0.1) is 25.2 Å². The van der Waals surface area contributed by atoms with Crippen LogP contribution >= 0.6 is 0 Å². The smallest absolute Gasteiger partial charge is 0.251 e. The molecule has 0 bridgehead atoms. The SMILES string of the molecule is COc1cn(-c2ccc(N3CCCC3=O)cc2F)nc(-c2ccnn2-c2ccccc2F)c1=O. The molecule has 10 heteroatoms. The van der Waals surface area contributed by atoms with E-state index in [2.05, 4.69) is 10.2 Å². The minimum absolute atomic E-state index is 0.0481. The van der Waals surface area contributed by atoms with Crippen molar-refractivity contribution in [1.82, 2.24) is 19.6 Å².